The van der Waals surface area contributed by atoms with E-state index in [1.165, 1.54) is 54.2 Å². The maximum atomic E-state index is 10.4. The third kappa shape index (κ3) is 6.14. The molecule has 0 bridgehead atoms. The van der Waals surface area contributed by atoms with Crippen molar-refractivity contribution in [2.45, 2.75) is 98.3 Å². The number of rotatable bonds is 2. The van der Waals surface area contributed by atoms with Gasteiger partial charge in [0.15, 0.2) is 5.78 Å². The number of hydrogen-bond donors (Lipinski definition) is 1. The first kappa shape index (κ1) is 33.6. The van der Waals surface area contributed by atoms with Gasteiger partial charge in [-0.25, -0.2) is 0 Å². The van der Waals surface area contributed by atoms with Gasteiger partial charge in [0, 0.05) is 48.3 Å². The molecule has 1 N–H and O–H groups in total. The Balaban J connectivity index is 0.000000436. The van der Waals surface area contributed by atoms with Crippen LogP contribution in [0.5, 0.6) is 0 Å². The molecule has 0 saturated heterocycles. The monoisotopic (exact) mass is 767 g/mol. The van der Waals surface area contributed by atoms with Gasteiger partial charge in [0.1, 0.15) is 11.2 Å². The predicted molar refractivity (Wildman–Crippen MR) is 179 cm³/mol. The maximum absolute atomic E-state index is 10.4. The molecule has 2 aromatic heterocycles. The summed E-state index contributed by atoms with van der Waals surface area (Å²) in [5, 5.41) is 13.3. The molecule has 6 rings (SSSR count). The van der Waals surface area contributed by atoms with Crippen molar-refractivity contribution in [3.05, 3.63) is 88.8 Å². The third-order valence-electron chi connectivity index (χ3n) is 9.27. The second-order valence-electron chi connectivity index (χ2n) is 14.5. The van der Waals surface area contributed by atoms with E-state index in [2.05, 4.69) is 103 Å². The van der Waals surface area contributed by atoms with Crippen LogP contribution in [0.2, 0.25) is 0 Å². The Labute approximate surface area is 275 Å². The molecule has 0 aliphatic heterocycles. The quantitative estimate of drug-likeness (QED) is 0.110. The Bertz CT molecular complexity index is 1910. The summed E-state index contributed by atoms with van der Waals surface area (Å²) >= 11 is 0. The van der Waals surface area contributed by atoms with Gasteiger partial charge in [-0.3, -0.25) is 9.78 Å². The minimum atomic E-state index is -0.0787. The van der Waals surface area contributed by atoms with E-state index in [0.29, 0.717) is 5.57 Å². The molecule has 0 unspecified atom stereocenters. The first-order chi connectivity index (χ1) is 20.0. The number of carbonyl (C=O) groups is 1. The topological polar surface area (TPSA) is 63.3 Å². The molecule has 3 aromatic carbocycles. The van der Waals surface area contributed by atoms with Crippen molar-refractivity contribution in [2.75, 3.05) is 0 Å². The molecule has 5 aromatic rings. The van der Waals surface area contributed by atoms with Crippen LogP contribution < -0.4 is 0 Å². The SMILES string of the molecule is CC(=O)/C(C)=C(/C)O.CC(C)(C)c1cc(-c2nccc3c2oc2cc4c(cc23)C(C)(C)CCC4(C)C)[c-]c2ccccc12.[Ir]. The van der Waals surface area contributed by atoms with E-state index >= 15 is 0 Å². The molecule has 1 aliphatic carbocycles. The number of pyridine rings is 1. The summed E-state index contributed by atoms with van der Waals surface area (Å²) in [7, 11) is 0. The van der Waals surface area contributed by atoms with Gasteiger partial charge < -0.3 is 9.52 Å². The fourth-order valence-corrected chi connectivity index (χ4v) is 6.19. The van der Waals surface area contributed by atoms with E-state index in [-0.39, 0.29) is 47.9 Å². The number of allylic oxidation sites excluding steroid dienone is 2. The van der Waals surface area contributed by atoms with Crippen LogP contribution in [0.3, 0.4) is 0 Å². The number of aliphatic hydroxyl groups is 1. The minimum Gasteiger partial charge on any atom is -0.512 e. The molecule has 44 heavy (non-hydrogen) atoms. The zero-order valence-corrected chi connectivity index (χ0v) is 30.0. The molecule has 0 saturated carbocycles. The molecule has 0 fully saturated rings. The molecular weight excluding hydrogens is 723 g/mol. The van der Waals surface area contributed by atoms with E-state index < -0.39 is 0 Å². The fraction of sp³-hybridized carbons (Fsp3) is 0.385. The number of Topliss-reactive ketones (excluding diaryl/α,β-unsaturated/α-hetero) is 1. The van der Waals surface area contributed by atoms with Gasteiger partial charge in [-0.05, 0) is 79.2 Å². The molecular formula is C39H44IrNO3-. The number of carbonyl (C=O) groups excluding carboxylic acids is 1. The number of aromatic nitrogens is 1. The van der Waals surface area contributed by atoms with Crippen LogP contribution in [0, 0.1) is 6.07 Å². The molecule has 1 radical (unpaired) electrons. The maximum Gasteiger partial charge on any atom is 0.158 e. The van der Waals surface area contributed by atoms with Crippen LogP contribution in [-0.4, -0.2) is 15.9 Å². The van der Waals surface area contributed by atoms with Crippen molar-refractivity contribution < 1.29 is 34.4 Å². The molecule has 0 spiro atoms. The van der Waals surface area contributed by atoms with Crippen molar-refractivity contribution in [1.29, 1.82) is 0 Å². The summed E-state index contributed by atoms with van der Waals surface area (Å²) in [6.07, 6.45) is 4.30. The normalized spacial score (nSPS) is 16.0. The standard InChI is InChI=1S/C33H34NO.C6H10O2.Ir/c1-31(2,3)25-17-21(16-20-10-8-9-11-22(20)25)29-30-23(12-15-34-29)24-18-26-27(19-28(24)35-30)33(6,7)14-13-32(26,4)5;1-4(5(2)7)6(3)8;/h8-12,15,17-19H,13-14H2,1-7H3;7H,1-3H3;/q-1;;/b;5-4-;. The molecule has 233 valence electrons. The average Bonchev–Trinajstić information content (AvgIpc) is 3.31. The van der Waals surface area contributed by atoms with Gasteiger partial charge in [0.2, 0.25) is 0 Å². The van der Waals surface area contributed by atoms with Gasteiger partial charge in [0.25, 0.3) is 0 Å². The Morgan fingerprint density at radius 2 is 1.50 bits per heavy atom. The van der Waals surface area contributed by atoms with Crippen molar-refractivity contribution >= 4 is 38.5 Å². The van der Waals surface area contributed by atoms with E-state index in [1.54, 1.807) is 6.92 Å². The third-order valence-corrected chi connectivity index (χ3v) is 9.27. The Kier molecular flexibility index (Phi) is 9.10. The Hall–Kier alpha value is -3.27. The molecule has 4 nitrogen and oxygen atoms in total. The first-order valence-electron chi connectivity index (χ1n) is 15.2. The average molecular weight is 767 g/mol. The molecule has 2 heterocycles. The van der Waals surface area contributed by atoms with E-state index in [4.69, 9.17) is 14.5 Å². The zero-order valence-electron chi connectivity index (χ0n) is 27.7. The van der Waals surface area contributed by atoms with Gasteiger partial charge in [-0.15, -0.1) is 29.1 Å². The second-order valence-corrected chi connectivity index (χ2v) is 14.5. The number of benzene rings is 3. The van der Waals surface area contributed by atoms with Crippen molar-refractivity contribution in [1.82, 2.24) is 4.98 Å². The van der Waals surface area contributed by atoms with Crippen LogP contribution in [0.15, 0.2) is 70.5 Å². The van der Waals surface area contributed by atoms with Gasteiger partial charge in [-0.2, -0.15) is 0 Å². The predicted octanol–water partition coefficient (Wildman–Crippen LogP) is 10.7. The number of ketones is 1. The number of hydrogen-bond acceptors (Lipinski definition) is 4. The van der Waals surface area contributed by atoms with Crippen LogP contribution >= 0.6 is 0 Å². The van der Waals surface area contributed by atoms with Crippen molar-refractivity contribution in [3.8, 4) is 11.3 Å². The molecule has 0 atom stereocenters. The minimum absolute atomic E-state index is 0. The first-order valence-corrected chi connectivity index (χ1v) is 15.2. The van der Waals surface area contributed by atoms with Crippen LogP contribution in [0.25, 0.3) is 44.0 Å². The summed E-state index contributed by atoms with van der Waals surface area (Å²) in [5.41, 5.74) is 8.58. The number of nitrogens with zero attached hydrogens (tertiary/aromatic N) is 1. The summed E-state index contributed by atoms with van der Waals surface area (Å²) in [5.74, 6) is 0.0301. The zero-order chi connectivity index (χ0) is 31.5. The summed E-state index contributed by atoms with van der Waals surface area (Å²) < 4.78 is 6.62. The van der Waals surface area contributed by atoms with Gasteiger partial charge >= 0.3 is 0 Å². The second kappa shape index (κ2) is 11.9. The fourth-order valence-electron chi connectivity index (χ4n) is 6.19. The van der Waals surface area contributed by atoms with E-state index in [1.807, 2.05) is 6.20 Å². The van der Waals surface area contributed by atoms with Crippen LogP contribution in [-0.2, 0) is 41.1 Å². The Morgan fingerprint density at radius 3 is 2.07 bits per heavy atom. The smallest absolute Gasteiger partial charge is 0.158 e. The molecule has 5 heteroatoms. The van der Waals surface area contributed by atoms with Crippen LogP contribution in [0.4, 0.5) is 0 Å². The summed E-state index contributed by atoms with van der Waals surface area (Å²) in [4.78, 5) is 15.2. The van der Waals surface area contributed by atoms with Crippen molar-refractivity contribution in [2.24, 2.45) is 0 Å². The number of fused-ring (bicyclic) bond motifs is 5. The molecule has 1 aliphatic rings. The van der Waals surface area contributed by atoms with Crippen LogP contribution in [0.1, 0.15) is 98.8 Å². The van der Waals surface area contributed by atoms with Gasteiger partial charge in [-0.1, -0.05) is 77.6 Å². The number of furan rings is 1. The number of aliphatic hydroxyl groups excluding tert-OH is 1. The Morgan fingerprint density at radius 1 is 0.886 bits per heavy atom. The van der Waals surface area contributed by atoms with Gasteiger partial charge in [0.05, 0.1) is 5.76 Å². The molecule has 0 amide bonds. The summed E-state index contributed by atoms with van der Waals surface area (Å²) in [6, 6.07) is 21.2. The van der Waals surface area contributed by atoms with Crippen molar-refractivity contribution in [3.63, 3.8) is 0 Å². The van der Waals surface area contributed by atoms with E-state index in [0.717, 1.165) is 33.2 Å². The summed E-state index contributed by atoms with van der Waals surface area (Å²) in [6.45, 7) is 20.8. The largest absolute Gasteiger partial charge is 0.512 e. The van der Waals surface area contributed by atoms with E-state index in [9.17, 15) is 4.79 Å².